The van der Waals surface area contributed by atoms with Gasteiger partial charge in [-0.25, -0.2) is 0 Å². The van der Waals surface area contributed by atoms with Crippen molar-refractivity contribution in [2.45, 2.75) is 6.92 Å². The molecular formula is C27H25N3. The van der Waals surface area contributed by atoms with Crippen molar-refractivity contribution in [3.05, 3.63) is 114 Å². The molecule has 0 fully saturated rings. The molecule has 30 heavy (non-hydrogen) atoms. The smallest absolute Gasteiger partial charge is 0.0571 e. The van der Waals surface area contributed by atoms with E-state index in [1.807, 2.05) is 12.2 Å². The molecule has 3 nitrogen and oxygen atoms in total. The summed E-state index contributed by atoms with van der Waals surface area (Å²) in [5, 5.41) is 6.88. The lowest BCUT2D eigenvalue weighted by Gasteiger charge is -2.10. The maximum Gasteiger partial charge on any atom is 0.0571 e. The van der Waals surface area contributed by atoms with E-state index < -0.39 is 0 Å². The number of rotatable bonds is 5. The number of aliphatic imine (C=N–C) groups is 1. The van der Waals surface area contributed by atoms with E-state index in [-0.39, 0.29) is 0 Å². The molecule has 1 aliphatic carbocycles. The van der Waals surface area contributed by atoms with Crippen LogP contribution in [0.5, 0.6) is 0 Å². The Morgan fingerprint density at radius 3 is 1.50 bits per heavy atom. The number of anilines is 4. The largest absolute Gasteiger partial charge is 0.356 e. The monoisotopic (exact) mass is 391 g/mol. The van der Waals surface area contributed by atoms with Gasteiger partial charge in [-0.1, -0.05) is 42.0 Å². The van der Waals surface area contributed by atoms with Crippen molar-refractivity contribution in [1.82, 2.24) is 0 Å². The molecule has 0 saturated heterocycles. The third kappa shape index (κ3) is 5.15. The number of hydrogen-bond acceptors (Lipinski definition) is 3. The van der Waals surface area contributed by atoms with Gasteiger partial charge in [-0.15, -0.1) is 0 Å². The second-order valence-corrected chi connectivity index (χ2v) is 7.27. The van der Waals surface area contributed by atoms with Crippen LogP contribution in [0, 0.1) is 6.92 Å². The highest BCUT2D eigenvalue weighted by molar-refractivity contribution is 6.06. The van der Waals surface area contributed by atoms with E-state index in [0.717, 1.165) is 28.5 Å². The van der Waals surface area contributed by atoms with Crippen molar-refractivity contribution in [3.63, 3.8) is 0 Å². The van der Waals surface area contributed by atoms with Crippen LogP contribution >= 0.6 is 0 Å². The predicted octanol–water partition coefficient (Wildman–Crippen LogP) is 7.06. The van der Waals surface area contributed by atoms with Gasteiger partial charge in [0.25, 0.3) is 0 Å². The van der Waals surface area contributed by atoms with Gasteiger partial charge >= 0.3 is 0 Å². The summed E-state index contributed by atoms with van der Waals surface area (Å²) in [6.07, 6.45) is 10.4. The van der Waals surface area contributed by atoms with E-state index in [0.29, 0.717) is 0 Å². The minimum atomic E-state index is 0.992. The molecule has 3 heteroatoms. The molecule has 0 unspecified atom stereocenters. The van der Waals surface area contributed by atoms with E-state index in [9.17, 15) is 0 Å². The molecule has 0 heterocycles. The van der Waals surface area contributed by atoms with Crippen molar-refractivity contribution in [2.75, 3.05) is 17.7 Å². The first-order chi connectivity index (χ1) is 14.7. The van der Waals surface area contributed by atoms with Crippen molar-refractivity contribution in [3.8, 4) is 0 Å². The molecule has 4 rings (SSSR count). The molecule has 0 radical (unpaired) electrons. The Kier molecular flexibility index (Phi) is 5.90. The summed E-state index contributed by atoms with van der Waals surface area (Å²) in [4.78, 5) is 4.17. The Labute approximate surface area is 178 Å². The Morgan fingerprint density at radius 2 is 1.03 bits per heavy atom. The van der Waals surface area contributed by atoms with E-state index in [1.165, 1.54) is 16.7 Å². The molecular weight excluding hydrogens is 366 g/mol. The van der Waals surface area contributed by atoms with Crippen LogP contribution in [0.1, 0.15) is 11.1 Å². The normalized spacial score (nSPS) is 12.6. The number of benzene rings is 3. The van der Waals surface area contributed by atoms with Crippen LogP contribution in [0.15, 0.2) is 108 Å². The molecule has 148 valence electrons. The molecule has 1 aliphatic rings. The lowest BCUT2D eigenvalue weighted by atomic mass is 10.0. The number of allylic oxidation sites excluding steroid dienone is 5. The highest BCUT2D eigenvalue weighted by Gasteiger charge is 2.00. The van der Waals surface area contributed by atoms with Gasteiger partial charge < -0.3 is 10.6 Å². The fraction of sp³-hybridized carbons (Fsp3) is 0.0741. The summed E-state index contributed by atoms with van der Waals surface area (Å²) >= 11 is 0. The average molecular weight is 392 g/mol. The molecule has 0 aromatic heterocycles. The van der Waals surface area contributed by atoms with Crippen LogP contribution in [0.3, 0.4) is 0 Å². The van der Waals surface area contributed by atoms with Gasteiger partial charge in [0, 0.05) is 29.8 Å². The second-order valence-electron chi connectivity index (χ2n) is 7.27. The first-order valence-electron chi connectivity index (χ1n) is 10.0. The summed E-state index contributed by atoms with van der Waals surface area (Å²) in [7, 11) is 1.80. The van der Waals surface area contributed by atoms with Crippen molar-refractivity contribution in [1.29, 1.82) is 0 Å². The van der Waals surface area contributed by atoms with E-state index in [2.05, 4.69) is 114 Å². The molecule has 0 saturated carbocycles. The Hall–Kier alpha value is -3.85. The first kappa shape index (κ1) is 19.5. The van der Waals surface area contributed by atoms with Gasteiger partial charge in [-0.2, -0.15) is 0 Å². The number of nitrogens with one attached hydrogen (secondary N) is 2. The fourth-order valence-electron chi connectivity index (χ4n) is 3.18. The maximum absolute atomic E-state index is 4.17. The van der Waals surface area contributed by atoms with Crippen LogP contribution in [0.4, 0.5) is 22.7 Å². The zero-order chi connectivity index (χ0) is 20.8. The third-order valence-electron chi connectivity index (χ3n) is 4.91. The van der Waals surface area contributed by atoms with Crippen LogP contribution in [0.2, 0.25) is 0 Å². The summed E-state index contributed by atoms with van der Waals surface area (Å²) in [6, 6.07) is 25.1. The SMILES string of the molecule is CN=C1C=CC(=Cc2ccc(Nc3ccc(Nc4ccc(C)cc4)cc3)cc2)C=C1. The molecule has 2 N–H and O–H groups in total. The van der Waals surface area contributed by atoms with Crippen LogP contribution in [-0.4, -0.2) is 12.8 Å². The van der Waals surface area contributed by atoms with Gasteiger partial charge in [-0.05, 0) is 84.8 Å². The summed E-state index contributed by atoms with van der Waals surface area (Å²) in [6.45, 7) is 2.09. The number of aryl methyl sites for hydroxylation is 1. The Morgan fingerprint density at radius 1 is 0.600 bits per heavy atom. The predicted molar refractivity (Wildman–Crippen MR) is 130 cm³/mol. The lowest BCUT2D eigenvalue weighted by Crippen LogP contribution is -1.93. The molecule has 3 aromatic carbocycles. The van der Waals surface area contributed by atoms with Crippen molar-refractivity contribution >= 4 is 34.5 Å². The number of nitrogens with zero attached hydrogens (tertiary/aromatic N) is 1. The van der Waals surface area contributed by atoms with Crippen LogP contribution in [0.25, 0.3) is 6.08 Å². The van der Waals surface area contributed by atoms with Gasteiger partial charge in [-0.3, -0.25) is 4.99 Å². The van der Waals surface area contributed by atoms with Gasteiger partial charge in [0.15, 0.2) is 0 Å². The summed E-state index contributed by atoms with van der Waals surface area (Å²) < 4.78 is 0. The van der Waals surface area contributed by atoms with Crippen LogP contribution < -0.4 is 10.6 Å². The highest BCUT2D eigenvalue weighted by atomic mass is 14.9. The second kappa shape index (κ2) is 9.10. The zero-order valence-corrected chi connectivity index (χ0v) is 17.3. The summed E-state index contributed by atoms with van der Waals surface area (Å²) in [5.74, 6) is 0. The zero-order valence-electron chi connectivity index (χ0n) is 17.3. The van der Waals surface area contributed by atoms with Crippen molar-refractivity contribution in [2.24, 2.45) is 4.99 Å². The topological polar surface area (TPSA) is 36.4 Å². The molecule has 0 atom stereocenters. The van der Waals surface area contributed by atoms with E-state index >= 15 is 0 Å². The van der Waals surface area contributed by atoms with Gasteiger partial charge in [0.1, 0.15) is 0 Å². The lowest BCUT2D eigenvalue weighted by molar-refractivity contribution is 1.44. The van der Waals surface area contributed by atoms with E-state index in [4.69, 9.17) is 0 Å². The average Bonchev–Trinajstić information content (AvgIpc) is 2.78. The molecule has 0 amide bonds. The van der Waals surface area contributed by atoms with E-state index in [1.54, 1.807) is 7.05 Å². The molecule has 0 aliphatic heterocycles. The van der Waals surface area contributed by atoms with Crippen molar-refractivity contribution < 1.29 is 0 Å². The Bertz CT molecular complexity index is 1100. The molecule has 3 aromatic rings. The van der Waals surface area contributed by atoms with Gasteiger partial charge in [0.2, 0.25) is 0 Å². The highest BCUT2D eigenvalue weighted by Crippen LogP contribution is 2.23. The summed E-state index contributed by atoms with van der Waals surface area (Å²) in [5.41, 5.74) is 8.86. The standard InChI is InChI=1S/C27H25N3/c1-20-3-9-24(10-4-20)29-26-15-17-27(18-16-26)30-25-13-7-22(8-14-25)19-21-5-11-23(28-2)12-6-21/h3-19,29-30H,1-2H3. The van der Waals surface area contributed by atoms with Gasteiger partial charge in [0.05, 0.1) is 5.71 Å². The maximum atomic E-state index is 4.17. The van der Waals surface area contributed by atoms with Crippen LogP contribution in [-0.2, 0) is 0 Å². The minimum Gasteiger partial charge on any atom is -0.356 e. The Balaban J connectivity index is 1.37. The number of hydrogen-bond donors (Lipinski definition) is 2. The third-order valence-corrected chi connectivity index (χ3v) is 4.91. The first-order valence-corrected chi connectivity index (χ1v) is 10.0. The minimum absolute atomic E-state index is 0.992. The molecule has 0 bridgehead atoms. The quantitative estimate of drug-likeness (QED) is 0.488. The fourth-order valence-corrected chi connectivity index (χ4v) is 3.18. The molecule has 0 spiro atoms.